The first-order valence-electron chi connectivity index (χ1n) is 11.7. The third kappa shape index (κ3) is 7.30. The van der Waals surface area contributed by atoms with Crippen molar-refractivity contribution in [1.29, 1.82) is 0 Å². The Balaban J connectivity index is 1.56. The maximum absolute atomic E-state index is 13.8. The van der Waals surface area contributed by atoms with E-state index in [1.165, 1.54) is 10.8 Å². The Kier molecular flexibility index (Phi) is 9.49. The minimum Gasteiger partial charge on any atom is -0.395 e. The summed E-state index contributed by atoms with van der Waals surface area (Å²) in [6.45, 7) is 1.22. The molecular formula is C24H26N5O7PS2. The monoisotopic (exact) mass is 591 g/mol. The third-order valence-corrected chi connectivity index (χ3v) is 8.63. The number of ether oxygens (including phenoxy) is 1. The van der Waals surface area contributed by atoms with Crippen molar-refractivity contribution in [3.8, 4) is 11.5 Å². The average molecular weight is 592 g/mol. The molecule has 1 aliphatic heterocycles. The van der Waals surface area contributed by atoms with Crippen molar-refractivity contribution in [2.24, 2.45) is 5.11 Å². The lowest BCUT2D eigenvalue weighted by Crippen LogP contribution is -2.33. The third-order valence-electron chi connectivity index (χ3n) is 5.81. The topological polar surface area (TPSA) is 158 Å². The lowest BCUT2D eigenvalue weighted by molar-refractivity contribution is -0.0260. The molecule has 3 atom stereocenters. The quantitative estimate of drug-likeness (QED) is 0.0994. The van der Waals surface area contributed by atoms with Crippen molar-refractivity contribution >= 4 is 31.3 Å². The summed E-state index contributed by atoms with van der Waals surface area (Å²) in [5, 5.41) is 3.77. The standard InChI is InChI=1S/C24H26N5O7PS2/c1-15-13-29(24(31)26-23(15)30)22-12-20(27-28-25)21(34-22)14-33-37(32,35-16-4-8-18(38-2)9-5-16)36-17-6-10-19(39-3)11-7-17/h4-11,13,20-22H,12,14H2,1-3H3,(H,26,30,31)/t20-,21+,22+/m0/s1. The molecule has 0 bridgehead atoms. The Hall–Kier alpha value is -3.12. The molecule has 0 saturated carbocycles. The summed E-state index contributed by atoms with van der Waals surface area (Å²) in [7, 11) is -4.27. The van der Waals surface area contributed by atoms with Crippen molar-refractivity contribution < 1.29 is 22.9 Å². The molecule has 0 unspecified atom stereocenters. The van der Waals surface area contributed by atoms with Gasteiger partial charge in [-0.3, -0.25) is 18.9 Å². The molecular weight excluding hydrogens is 565 g/mol. The molecule has 3 aromatic rings. The van der Waals surface area contributed by atoms with Gasteiger partial charge in [-0.15, -0.1) is 23.5 Å². The number of nitrogens with zero attached hydrogens (tertiary/aromatic N) is 4. The Morgan fingerprint density at radius 2 is 1.64 bits per heavy atom. The molecule has 1 aromatic heterocycles. The summed E-state index contributed by atoms with van der Waals surface area (Å²) in [5.41, 5.74) is 8.21. The minimum atomic E-state index is -4.27. The normalized spacial score (nSPS) is 18.9. The number of H-pyrrole nitrogens is 1. The van der Waals surface area contributed by atoms with Crippen LogP contribution >= 0.6 is 31.3 Å². The predicted octanol–water partition coefficient (Wildman–Crippen LogP) is 5.54. The molecule has 0 spiro atoms. The number of hydrogen-bond acceptors (Lipinski definition) is 10. The fourth-order valence-electron chi connectivity index (χ4n) is 3.79. The van der Waals surface area contributed by atoms with Crippen molar-refractivity contribution in [3.63, 3.8) is 0 Å². The van der Waals surface area contributed by atoms with Gasteiger partial charge in [0.15, 0.2) is 0 Å². The number of aryl methyl sites for hydroxylation is 1. The molecule has 15 heteroatoms. The van der Waals surface area contributed by atoms with Crippen LogP contribution in [-0.2, 0) is 13.8 Å². The Morgan fingerprint density at radius 3 is 2.15 bits per heavy atom. The maximum Gasteiger partial charge on any atom is 0.587 e. The number of phosphoric ester groups is 1. The van der Waals surface area contributed by atoms with E-state index in [0.29, 0.717) is 5.56 Å². The number of azide groups is 1. The zero-order chi connectivity index (χ0) is 28.0. The fraction of sp³-hybridized carbons (Fsp3) is 0.333. The zero-order valence-corrected chi connectivity index (χ0v) is 23.8. The fourth-order valence-corrected chi connectivity index (χ4v) is 5.84. The van der Waals surface area contributed by atoms with E-state index in [0.717, 1.165) is 9.79 Å². The molecule has 206 valence electrons. The molecule has 2 aromatic carbocycles. The van der Waals surface area contributed by atoms with E-state index < -0.39 is 37.4 Å². The lowest BCUT2D eigenvalue weighted by Gasteiger charge is -2.22. The van der Waals surface area contributed by atoms with Gasteiger partial charge in [-0.25, -0.2) is 9.36 Å². The van der Waals surface area contributed by atoms with Crippen LogP contribution in [0.1, 0.15) is 18.2 Å². The summed E-state index contributed by atoms with van der Waals surface area (Å²) in [6, 6.07) is 13.1. The minimum absolute atomic E-state index is 0.127. The summed E-state index contributed by atoms with van der Waals surface area (Å²) >= 11 is 3.09. The van der Waals surface area contributed by atoms with Gasteiger partial charge in [0.05, 0.1) is 18.8 Å². The predicted molar refractivity (Wildman–Crippen MR) is 149 cm³/mol. The largest absolute Gasteiger partial charge is 0.587 e. The van der Waals surface area contributed by atoms with Crippen LogP contribution in [0.5, 0.6) is 11.5 Å². The Bertz CT molecular complexity index is 1450. The van der Waals surface area contributed by atoms with Gasteiger partial charge >= 0.3 is 13.5 Å². The van der Waals surface area contributed by atoms with Crippen molar-refractivity contribution in [2.75, 3.05) is 19.1 Å². The number of hydrogen-bond donors (Lipinski definition) is 1. The molecule has 4 rings (SSSR count). The van der Waals surface area contributed by atoms with Crippen molar-refractivity contribution in [2.45, 2.75) is 41.5 Å². The zero-order valence-electron chi connectivity index (χ0n) is 21.3. The van der Waals surface area contributed by atoms with Gasteiger partial charge in [0, 0.05) is 32.9 Å². The summed E-state index contributed by atoms with van der Waals surface area (Å²) in [6.07, 6.45) is 3.63. The first-order valence-corrected chi connectivity index (χ1v) is 15.6. The van der Waals surface area contributed by atoms with Crippen LogP contribution in [0.3, 0.4) is 0 Å². The second-order valence-corrected chi connectivity index (χ2v) is 11.7. The van der Waals surface area contributed by atoms with E-state index in [2.05, 4.69) is 15.0 Å². The second kappa shape index (κ2) is 12.8. The van der Waals surface area contributed by atoms with Gasteiger partial charge in [-0.2, -0.15) is 0 Å². The maximum atomic E-state index is 13.8. The van der Waals surface area contributed by atoms with Crippen LogP contribution in [0.4, 0.5) is 0 Å². The number of phosphoric acid groups is 1. The molecule has 1 saturated heterocycles. The van der Waals surface area contributed by atoms with Crippen LogP contribution < -0.4 is 20.3 Å². The van der Waals surface area contributed by atoms with Crippen LogP contribution in [0.15, 0.2) is 79.2 Å². The van der Waals surface area contributed by atoms with Crippen molar-refractivity contribution in [3.05, 3.63) is 91.6 Å². The van der Waals surface area contributed by atoms with E-state index in [1.54, 1.807) is 54.7 Å². The molecule has 0 amide bonds. The highest BCUT2D eigenvalue weighted by Crippen LogP contribution is 2.50. The van der Waals surface area contributed by atoms with Crippen LogP contribution in [0.25, 0.3) is 10.4 Å². The van der Waals surface area contributed by atoms with Crippen LogP contribution in [-0.4, -0.2) is 40.8 Å². The summed E-state index contributed by atoms with van der Waals surface area (Å²) in [4.78, 5) is 31.2. The van der Waals surface area contributed by atoms with Gasteiger partial charge in [0.25, 0.3) is 5.56 Å². The number of nitrogens with one attached hydrogen (secondary N) is 1. The van der Waals surface area contributed by atoms with Gasteiger partial charge in [0.2, 0.25) is 0 Å². The molecule has 1 fully saturated rings. The number of rotatable bonds is 11. The number of aromatic nitrogens is 2. The van der Waals surface area contributed by atoms with Gasteiger partial charge in [-0.1, -0.05) is 5.11 Å². The highest BCUT2D eigenvalue weighted by atomic mass is 32.2. The molecule has 1 N–H and O–H groups in total. The van der Waals surface area contributed by atoms with Crippen molar-refractivity contribution in [1.82, 2.24) is 9.55 Å². The molecule has 12 nitrogen and oxygen atoms in total. The summed E-state index contributed by atoms with van der Waals surface area (Å²) < 4.78 is 38.2. The molecule has 0 aliphatic carbocycles. The molecule has 1 aliphatic rings. The highest BCUT2D eigenvalue weighted by Gasteiger charge is 2.40. The second-order valence-electron chi connectivity index (χ2n) is 8.39. The van der Waals surface area contributed by atoms with E-state index in [-0.39, 0.29) is 24.5 Å². The van der Waals surface area contributed by atoms with Crippen LogP contribution in [0, 0.1) is 6.92 Å². The number of thioether (sulfide) groups is 2. The Morgan fingerprint density at radius 1 is 1.08 bits per heavy atom. The molecule has 2 heterocycles. The average Bonchev–Trinajstić information content (AvgIpc) is 3.33. The number of benzene rings is 2. The van der Waals surface area contributed by atoms with E-state index >= 15 is 0 Å². The summed E-state index contributed by atoms with van der Waals surface area (Å²) in [5.74, 6) is 0.535. The number of aromatic amines is 1. The van der Waals surface area contributed by atoms with E-state index in [1.807, 2.05) is 36.8 Å². The molecule has 39 heavy (non-hydrogen) atoms. The Labute approximate surface area is 232 Å². The molecule has 0 radical (unpaired) electrons. The van der Waals surface area contributed by atoms with Gasteiger partial charge < -0.3 is 13.8 Å². The van der Waals surface area contributed by atoms with Gasteiger partial charge in [0.1, 0.15) is 17.7 Å². The highest BCUT2D eigenvalue weighted by molar-refractivity contribution is 7.98. The lowest BCUT2D eigenvalue weighted by atomic mass is 10.1. The van der Waals surface area contributed by atoms with Gasteiger partial charge in [-0.05, 0) is 73.5 Å². The smallest absolute Gasteiger partial charge is 0.395 e. The first-order chi connectivity index (χ1) is 18.7. The SMILES string of the molecule is CSc1ccc(OP(=O)(OC[C@H]2O[C@@H](n3cc(C)c(=O)[nH]c3=O)C[C@@H]2N=[N+]=[N-])Oc2ccc(SC)cc2)cc1. The van der Waals surface area contributed by atoms with E-state index in [9.17, 15) is 14.2 Å². The van der Waals surface area contributed by atoms with E-state index in [4.69, 9.17) is 23.8 Å². The van der Waals surface area contributed by atoms with Crippen LogP contribution in [0.2, 0.25) is 0 Å². The first kappa shape index (κ1) is 28.9.